The van der Waals surface area contributed by atoms with Crippen LogP contribution >= 0.6 is 0 Å². The molecule has 0 aliphatic carbocycles. The lowest BCUT2D eigenvalue weighted by Gasteiger charge is -2.12. The van der Waals surface area contributed by atoms with E-state index in [4.69, 9.17) is 0 Å². The van der Waals surface area contributed by atoms with Crippen molar-refractivity contribution in [2.45, 2.75) is 26.7 Å². The first-order valence-electron chi connectivity index (χ1n) is 7.36. The Bertz CT molecular complexity index is 620. The quantitative estimate of drug-likeness (QED) is 0.848. The molecule has 0 spiro atoms. The summed E-state index contributed by atoms with van der Waals surface area (Å²) < 4.78 is 0. The van der Waals surface area contributed by atoms with Crippen molar-refractivity contribution in [3.63, 3.8) is 0 Å². The predicted octanol–water partition coefficient (Wildman–Crippen LogP) is 4.49. The van der Waals surface area contributed by atoms with E-state index in [0.717, 1.165) is 17.9 Å². The van der Waals surface area contributed by atoms with Crippen LogP contribution in [0, 0.1) is 0 Å². The maximum absolute atomic E-state index is 12.4. The average Bonchev–Trinajstić information content (AvgIpc) is 2.48. The Labute approximate surface area is 126 Å². The molecule has 3 heteroatoms. The molecule has 0 atom stereocenters. The lowest BCUT2D eigenvalue weighted by molar-refractivity contribution is 0.102. The first kappa shape index (κ1) is 15.1. The molecule has 0 heterocycles. The maximum atomic E-state index is 12.4. The number of rotatable bonds is 5. The number of nitrogens with one attached hydrogen (secondary N) is 2. The largest absolute Gasteiger partial charge is 0.385 e. The lowest BCUT2D eigenvalue weighted by Crippen LogP contribution is -2.14. The van der Waals surface area contributed by atoms with Crippen molar-refractivity contribution in [2.24, 2.45) is 0 Å². The number of para-hydroxylation sites is 1. The monoisotopic (exact) mass is 282 g/mol. The molecule has 3 nitrogen and oxygen atoms in total. The topological polar surface area (TPSA) is 41.1 Å². The van der Waals surface area contributed by atoms with Crippen LogP contribution in [0.15, 0.2) is 48.5 Å². The standard InChI is InChI=1S/C18H22N2O/c1-4-19-17-11-6-5-10-16(17)18(21)20-15-9-7-8-14(12-15)13(2)3/h5-13,19H,4H2,1-3H3,(H,20,21). The minimum Gasteiger partial charge on any atom is -0.385 e. The fourth-order valence-corrected chi connectivity index (χ4v) is 2.20. The van der Waals surface area contributed by atoms with Crippen molar-refractivity contribution in [1.82, 2.24) is 0 Å². The van der Waals surface area contributed by atoms with Crippen LogP contribution in [-0.4, -0.2) is 12.5 Å². The third kappa shape index (κ3) is 3.85. The molecule has 0 saturated heterocycles. The molecule has 0 aromatic heterocycles. The first-order valence-corrected chi connectivity index (χ1v) is 7.36. The van der Waals surface area contributed by atoms with E-state index in [1.807, 2.05) is 49.4 Å². The normalized spacial score (nSPS) is 10.5. The van der Waals surface area contributed by atoms with Gasteiger partial charge >= 0.3 is 0 Å². The molecule has 2 N–H and O–H groups in total. The minimum absolute atomic E-state index is 0.0903. The molecule has 0 unspecified atom stereocenters. The number of benzene rings is 2. The van der Waals surface area contributed by atoms with E-state index in [9.17, 15) is 4.79 Å². The molecular weight excluding hydrogens is 260 g/mol. The molecule has 110 valence electrons. The third-order valence-corrected chi connectivity index (χ3v) is 3.35. The molecule has 0 saturated carbocycles. The third-order valence-electron chi connectivity index (χ3n) is 3.35. The van der Waals surface area contributed by atoms with Crippen molar-refractivity contribution >= 4 is 17.3 Å². The number of amides is 1. The molecule has 0 bridgehead atoms. The fraction of sp³-hybridized carbons (Fsp3) is 0.278. The summed E-state index contributed by atoms with van der Waals surface area (Å²) in [5.41, 5.74) is 3.57. The first-order chi connectivity index (χ1) is 10.1. The SMILES string of the molecule is CCNc1ccccc1C(=O)Nc1cccc(C(C)C)c1. The molecule has 1 amide bonds. The highest BCUT2D eigenvalue weighted by Gasteiger charge is 2.11. The summed E-state index contributed by atoms with van der Waals surface area (Å²) in [6.45, 7) is 7.08. The number of hydrogen-bond donors (Lipinski definition) is 2. The Kier molecular flexibility index (Phi) is 4.99. The van der Waals surface area contributed by atoms with Crippen molar-refractivity contribution in [1.29, 1.82) is 0 Å². The van der Waals surface area contributed by atoms with Crippen LogP contribution in [0.3, 0.4) is 0 Å². The van der Waals surface area contributed by atoms with Gasteiger partial charge in [0.05, 0.1) is 5.56 Å². The van der Waals surface area contributed by atoms with Gasteiger partial charge in [0, 0.05) is 17.9 Å². The van der Waals surface area contributed by atoms with Crippen LogP contribution in [-0.2, 0) is 0 Å². The van der Waals surface area contributed by atoms with Gasteiger partial charge in [0.2, 0.25) is 0 Å². The molecule has 2 aromatic carbocycles. The number of anilines is 2. The lowest BCUT2D eigenvalue weighted by atomic mass is 10.0. The summed E-state index contributed by atoms with van der Waals surface area (Å²) in [5.74, 6) is 0.350. The Morgan fingerprint density at radius 2 is 1.86 bits per heavy atom. The van der Waals surface area contributed by atoms with Gasteiger partial charge in [0.15, 0.2) is 0 Å². The highest BCUT2D eigenvalue weighted by molar-refractivity contribution is 6.08. The van der Waals surface area contributed by atoms with Gasteiger partial charge in [-0.1, -0.05) is 38.1 Å². The van der Waals surface area contributed by atoms with Gasteiger partial charge in [-0.25, -0.2) is 0 Å². The van der Waals surface area contributed by atoms with Crippen LogP contribution in [0.2, 0.25) is 0 Å². The van der Waals surface area contributed by atoms with Crippen LogP contribution in [0.25, 0.3) is 0 Å². The van der Waals surface area contributed by atoms with E-state index >= 15 is 0 Å². The second-order valence-electron chi connectivity index (χ2n) is 5.31. The maximum Gasteiger partial charge on any atom is 0.257 e. The van der Waals surface area contributed by atoms with Crippen molar-refractivity contribution in [3.05, 3.63) is 59.7 Å². The van der Waals surface area contributed by atoms with E-state index in [0.29, 0.717) is 11.5 Å². The van der Waals surface area contributed by atoms with Gasteiger partial charge in [-0.2, -0.15) is 0 Å². The second-order valence-corrected chi connectivity index (χ2v) is 5.31. The minimum atomic E-state index is -0.0903. The summed E-state index contributed by atoms with van der Waals surface area (Å²) in [7, 11) is 0. The van der Waals surface area contributed by atoms with Crippen LogP contribution in [0.4, 0.5) is 11.4 Å². The highest BCUT2D eigenvalue weighted by Crippen LogP contribution is 2.21. The Hall–Kier alpha value is -2.29. The van der Waals surface area contributed by atoms with Crippen LogP contribution in [0.5, 0.6) is 0 Å². The van der Waals surface area contributed by atoms with Crippen LogP contribution < -0.4 is 10.6 Å². The molecule has 0 fully saturated rings. The Morgan fingerprint density at radius 3 is 2.57 bits per heavy atom. The Morgan fingerprint density at radius 1 is 1.10 bits per heavy atom. The molecule has 0 radical (unpaired) electrons. The van der Waals surface area contributed by atoms with Gasteiger partial charge in [-0.05, 0) is 42.7 Å². The molecular formula is C18H22N2O. The smallest absolute Gasteiger partial charge is 0.257 e. The average molecular weight is 282 g/mol. The second kappa shape index (κ2) is 6.93. The zero-order valence-electron chi connectivity index (χ0n) is 12.8. The van der Waals surface area contributed by atoms with E-state index in [-0.39, 0.29) is 5.91 Å². The van der Waals surface area contributed by atoms with Gasteiger partial charge < -0.3 is 10.6 Å². The number of carbonyl (C=O) groups is 1. The molecule has 2 aromatic rings. The molecule has 21 heavy (non-hydrogen) atoms. The summed E-state index contributed by atoms with van der Waals surface area (Å²) in [6.07, 6.45) is 0. The summed E-state index contributed by atoms with van der Waals surface area (Å²) >= 11 is 0. The summed E-state index contributed by atoms with van der Waals surface area (Å²) in [5, 5.41) is 6.18. The van der Waals surface area contributed by atoms with Crippen molar-refractivity contribution < 1.29 is 4.79 Å². The molecule has 0 aliphatic heterocycles. The van der Waals surface area contributed by atoms with E-state index in [1.54, 1.807) is 0 Å². The zero-order valence-corrected chi connectivity index (χ0v) is 12.8. The van der Waals surface area contributed by atoms with Gasteiger partial charge in [0.25, 0.3) is 5.91 Å². The van der Waals surface area contributed by atoms with Gasteiger partial charge in [0.1, 0.15) is 0 Å². The molecule has 0 aliphatic rings. The van der Waals surface area contributed by atoms with E-state index < -0.39 is 0 Å². The number of hydrogen-bond acceptors (Lipinski definition) is 2. The van der Waals surface area contributed by atoms with E-state index in [1.165, 1.54) is 5.56 Å². The molecule has 2 rings (SSSR count). The van der Waals surface area contributed by atoms with Gasteiger partial charge in [-0.3, -0.25) is 4.79 Å². The van der Waals surface area contributed by atoms with Crippen molar-refractivity contribution in [3.8, 4) is 0 Å². The summed E-state index contributed by atoms with van der Waals surface area (Å²) in [4.78, 5) is 12.4. The fourth-order valence-electron chi connectivity index (χ4n) is 2.20. The Balaban J connectivity index is 2.20. The number of carbonyl (C=O) groups excluding carboxylic acids is 1. The van der Waals surface area contributed by atoms with Crippen molar-refractivity contribution in [2.75, 3.05) is 17.2 Å². The van der Waals surface area contributed by atoms with E-state index in [2.05, 4.69) is 30.5 Å². The summed E-state index contributed by atoms with van der Waals surface area (Å²) in [6, 6.07) is 15.5. The zero-order chi connectivity index (χ0) is 15.2. The predicted molar refractivity (Wildman–Crippen MR) is 89.1 cm³/mol. The van der Waals surface area contributed by atoms with Crippen LogP contribution in [0.1, 0.15) is 42.6 Å². The van der Waals surface area contributed by atoms with Gasteiger partial charge in [-0.15, -0.1) is 0 Å². The highest BCUT2D eigenvalue weighted by atomic mass is 16.1.